The number of piperidine rings is 1. The standard InChI is InChI=1S/C21H21ClN4O3/c1-28-16-8-4-6-14(12-16)19-24-20(29-25-19)15-7-5-11-26(13-15)21(27)23-18-10-3-2-9-17(18)22/h2-4,6,8-10,12,15H,5,7,11,13H2,1H3,(H,23,27)/t15-/m1/s1. The van der Waals surface area contributed by atoms with E-state index in [-0.39, 0.29) is 11.9 Å². The number of urea groups is 1. The van der Waals surface area contributed by atoms with Crippen LogP contribution in [-0.4, -0.2) is 41.3 Å². The summed E-state index contributed by atoms with van der Waals surface area (Å²) in [6.45, 7) is 1.18. The average molecular weight is 413 g/mol. The molecule has 1 atom stereocenters. The maximum Gasteiger partial charge on any atom is 0.321 e. The van der Waals surface area contributed by atoms with Gasteiger partial charge in [0.25, 0.3) is 0 Å². The molecule has 1 fully saturated rings. The maximum absolute atomic E-state index is 12.7. The first kappa shape index (κ1) is 19.3. The summed E-state index contributed by atoms with van der Waals surface area (Å²) in [6.07, 6.45) is 1.74. The first-order valence-corrected chi connectivity index (χ1v) is 9.80. The number of hydrogen-bond donors (Lipinski definition) is 1. The monoisotopic (exact) mass is 412 g/mol. The minimum Gasteiger partial charge on any atom is -0.497 e. The largest absolute Gasteiger partial charge is 0.497 e. The second-order valence-corrected chi connectivity index (χ2v) is 7.29. The zero-order chi connectivity index (χ0) is 20.2. The van der Waals surface area contributed by atoms with Gasteiger partial charge in [-0.15, -0.1) is 0 Å². The van der Waals surface area contributed by atoms with Gasteiger partial charge in [-0.05, 0) is 37.1 Å². The fourth-order valence-corrected chi connectivity index (χ4v) is 3.58. The number of halogens is 1. The van der Waals surface area contributed by atoms with Gasteiger partial charge in [0.1, 0.15) is 5.75 Å². The van der Waals surface area contributed by atoms with Crippen molar-refractivity contribution in [1.29, 1.82) is 0 Å². The third kappa shape index (κ3) is 4.35. The number of nitrogens with zero attached hydrogens (tertiary/aromatic N) is 3. The lowest BCUT2D eigenvalue weighted by Crippen LogP contribution is -2.41. The zero-order valence-corrected chi connectivity index (χ0v) is 16.7. The summed E-state index contributed by atoms with van der Waals surface area (Å²) in [4.78, 5) is 19.0. The molecule has 0 spiro atoms. The predicted octanol–water partition coefficient (Wildman–Crippen LogP) is 4.81. The third-order valence-electron chi connectivity index (χ3n) is 4.94. The summed E-state index contributed by atoms with van der Waals surface area (Å²) in [7, 11) is 1.62. The van der Waals surface area contributed by atoms with Crippen molar-refractivity contribution in [3.05, 3.63) is 59.4 Å². The summed E-state index contributed by atoms with van der Waals surface area (Å²) in [6, 6.07) is 14.5. The van der Waals surface area contributed by atoms with Crippen molar-refractivity contribution in [2.75, 3.05) is 25.5 Å². The number of rotatable bonds is 4. The van der Waals surface area contributed by atoms with Crippen molar-refractivity contribution in [3.63, 3.8) is 0 Å². The minimum absolute atomic E-state index is 0.00685. The molecule has 2 amide bonds. The summed E-state index contributed by atoms with van der Waals surface area (Å²) < 4.78 is 10.8. The van der Waals surface area contributed by atoms with Gasteiger partial charge in [0, 0.05) is 18.7 Å². The topological polar surface area (TPSA) is 80.5 Å². The van der Waals surface area contributed by atoms with Crippen molar-refractivity contribution < 1.29 is 14.1 Å². The number of nitrogens with one attached hydrogen (secondary N) is 1. The molecule has 150 valence electrons. The Morgan fingerprint density at radius 2 is 2.14 bits per heavy atom. The molecule has 8 heteroatoms. The molecule has 0 aliphatic carbocycles. The normalized spacial score (nSPS) is 16.5. The number of ether oxygens (including phenoxy) is 1. The molecule has 29 heavy (non-hydrogen) atoms. The molecule has 1 aliphatic heterocycles. The molecular formula is C21H21ClN4O3. The first-order valence-electron chi connectivity index (χ1n) is 9.42. The lowest BCUT2D eigenvalue weighted by molar-refractivity contribution is 0.184. The minimum atomic E-state index is -0.185. The molecule has 2 heterocycles. The van der Waals surface area contributed by atoms with Gasteiger partial charge in [-0.3, -0.25) is 0 Å². The van der Waals surface area contributed by atoms with E-state index in [0.717, 1.165) is 24.2 Å². The SMILES string of the molecule is COc1cccc(-c2noc([C@@H]3CCCN(C(=O)Nc4ccccc4Cl)C3)n2)c1. The number of methoxy groups -OCH3 is 1. The van der Waals surface area contributed by atoms with Gasteiger partial charge in [0.15, 0.2) is 0 Å². The number of amides is 2. The van der Waals surface area contributed by atoms with Crippen LogP contribution in [0.3, 0.4) is 0 Å². The van der Waals surface area contributed by atoms with E-state index >= 15 is 0 Å². The highest BCUT2D eigenvalue weighted by Crippen LogP contribution is 2.29. The molecule has 0 bridgehead atoms. The van der Waals surface area contributed by atoms with Gasteiger partial charge in [-0.25, -0.2) is 4.79 Å². The molecule has 0 unspecified atom stereocenters. The molecule has 1 N–H and O–H groups in total. The van der Waals surface area contributed by atoms with Crippen LogP contribution in [0.4, 0.5) is 10.5 Å². The van der Waals surface area contributed by atoms with Crippen LogP contribution in [0, 0.1) is 0 Å². The predicted molar refractivity (Wildman–Crippen MR) is 110 cm³/mol. The lowest BCUT2D eigenvalue weighted by atomic mass is 9.98. The van der Waals surface area contributed by atoms with E-state index in [4.69, 9.17) is 20.9 Å². The van der Waals surface area contributed by atoms with Crippen LogP contribution in [0.5, 0.6) is 5.75 Å². The number of anilines is 1. The van der Waals surface area contributed by atoms with Crippen molar-refractivity contribution >= 4 is 23.3 Å². The number of benzene rings is 2. The fourth-order valence-electron chi connectivity index (χ4n) is 3.40. The van der Waals surface area contributed by atoms with Crippen molar-refractivity contribution in [2.24, 2.45) is 0 Å². The van der Waals surface area contributed by atoms with Gasteiger partial charge >= 0.3 is 6.03 Å². The zero-order valence-electron chi connectivity index (χ0n) is 16.0. The molecule has 4 rings (SSSR count). The van der Waals surface area contributed by atoms with Crippen LogP contribution in [0.1, 0.15) is 24.7 Å². The van der Waals surface area contributed by atoms with E-state index in [0.29, 0.717) is 35.5 Å². The highest BCUT2D eigenvalue weighted by atomic mass is 35.5. The van der Waals surface area contributed by atoms with Crippen LogP contribution in [0.25, 0.3) is 11.4 Å². The molecule has 3 aromatic rings. The van der Waals surface area contributed by atoms with Gasteiger partial charge < -0.3 is 19.5 Å². The lowest BCUT2D eigenvalue weighted by Gasteiger charge is -2.31. The molecule has 1 saturated heterocycles. The number of para-hydroxylation sites is 1. The van der Waals surface area contributed by atoms with Gasteiger partial charge in [-0.2, -0.15) is 4.98 Å². The van der Waals surface area contributed by atoms with Gasteiger partial charge in [0.05, 0.1) is 23.7 Å². The fraction of sp³-hybridized carbons (Fsp3) is 0.286. The quantitative estimate of drug-likeness (QED) is 0.665. The van der Waals surface area contributed by atoms with E-state index in [1.54, 1.807) is 24.1 Å². The van der Waals surface area contributed by atoms with Gasteiger partial charge in [0.2, 0.25) is 11.7 Å². The second kappa shape index (κ2) is 8.53. The van der Waals surface area contributed by atoms with E-state index in [2.05, 4.69) is 15.5 Å². The number of likely N-dealkylation sites (tertiary alicyclic amines) is 1. The van der Waals surface area contributed by atoms with E-state index < -0.39 is 0 Å². The number of hydrogen-bond acceptors (Lipinski definition) is 5. The molecular weight excluding hydrogens is 392 g/mol. The van der Waals surface area contributed by atoms with Crippen LogP contribution in [-0.2, 0) is 0 Å². The van der Waals surface area contributed by atoms with E-state index in [9.17, 15) is 4.79 Å². The molecule has 1 aromatic heterocycles. The van der Waals surface area contributed by atoms with E-state index in [1.807, 2.05) is 36.4 Å². The second-order valence-electron chi connectivity index (χ2n) is 6.88. The smallest absolute Gasteiger partial charge is 0.321 e. The van der Waals surface area contributed by atoms with Crippen LogP contribution < -0.4 is 10.1 Å². The van der Waals surface area contributed by atoms with Crippen molar-refractivity contribution in [3.8, 4) is 17.1 Å². The highest BCUT2D eigenvalue weighted by molar-refractivity contribution is 6.33. The Morgan fingerprint density at radius 3 is 2.97 bits per heavy atom. The molecule has 2 aromatic carbocycles. The van der Waals surface area contributed by atoms with Crippen molar-refractivity contribution in [2.45, 2.75) is 18.8 Å². The third-order valence-corrected chi connectivity index (χ3v) is 5.27. The summed E-state index contributed by atoms with van der Waals surface area (Å²) in [5.41, 5.74) is 1.42. The molecule has 1 aliphatic rings. The Balaban J connectivity index is 1.45. The number of carbonyl (C=O) groups is 1. The van der Waals surface area contributed by atoms with Crippen LogP contribution in [0.15, 0.2) is 53.1 Å². The average Bonchev–Trinajstić information content (AvgIpc) is 3.26. The first-order chi connectivity index (χ1) is 14.1. The number of aromatic nitrogens is 2. The summed E-state index contributed by atoms with van der Waals surface area (Å²) in [5, 5.41) is 7.49. The van der Waals surface area contributed by atoms with Crippen molar-refractivity contribution in [1.82, 2.24) is 15.0 Å². The van der Waals surface area contributed by atoms with Crippen LogP contribution >= 0.6 is 11.6 Å². The molecule has 0 radical (unpaired) electrons. The Kier molecular flexibility index (Phi) is 5.67. The van der Waals surface area contributed by atoms with Gasteiger partial charge in [-0.1, -0.05) is 41.0 Å². The highest BCUT2D eigenvalue weighted by Gasteiger charge is 2.29. The maximum atomic E-state index is 12.7. The Morgan fingerprint density at radius 1 is 1.28 bits per heavy atom. The Labute approximate surface area is 173 Å². The number of carbonyl (C=O) groups excluding carboxylic acids is 1. The van der Waals surface area contributed by atoms with Crippen LogP contribution in [0.2, 0.25) is 5.02 Å². The molecule has 0 saturated carbocycles. The van der Waals surface area contributed by atoms with E-state index in [1.165, 1.54) is 0 Å². The Bertz CT molecular complexity index is 1010. The summed E-state index contributed by atoms with van der Waals surface area (Å²) in [5.74, 6) is 1.77. The molecule has 7 nitrogen and oxygen atoms in total. The summed E-state index contributed by atoms with van der Waals surface area (Å²) >= 11 is 6.14. The Hall–Kier alpha value is -3.06.